The van der Waals surface area contributed by atoms with Crippen LogP contribution in [0.4, 0.5) is 5.69 Å². The second-order valence-corrected chi connectivity index (χ2v) is 4.24. The number of hydrogen-bond donors (Lipinski definition) is 4. The molecule has 0 bridgehead atoms. The lowest BCUT2D eigenvalue weighted by Gasteiger charge is -2.07. The summed E-state index contributed by atoms with van der Waals surface area (Å²) in [6.07, 6.45) is 0. The molecule has 5 N–H and O–H groups in total. The van der Waals surface area contributed by atoms with Crippen LogP contribution in [0.5, 0.6) is 11.5 Å². The second kappa shape index (κ2) is 6.46. The first-order valence-electron chi connectivity index (χ1n) is 6.22. The van der Waals surface area contributed by atoms with E-state index in [2.05, 4.69) is 17.2 Å². The number of hydrogen-bond acceptors (Lipinski definition) is 4. The number of aromatic hydroxyl groups is 2. The first kappa shape index (κ1) is 14.4. The molecule has 0 saturated heterocycles. The van der Waals surface area contributed by atoms with E-state index in [4.69, 9.17) is 5.73 Å². The maximum absolute atomic E-state index is 12.1. The normalized spacial score (nSPS) is 9.57. The van der Waals surface area contributed by atoms with E-state index in [-0.39, 0.29) is 23.6 Å². The van der Waals surface area contributed by atoms with E-state index >= 15 is 0 Å². The van der Waals surface area contributed by atoms with Crippen molar-refractivity contribution in [3.05, 3.63) is 53.6 Å². The highest BCUT2D eigenvalue weighted by molar-refractivity contribution is 6.06. The minimum Gasteiger partial charge on any atom is -0.508 e. The maximum atomic E-state index is 12.1. The lowest BCUT2D eigenvalue weighted by Crippen LogP contribution is -2.12. The number of carbonyl (C=O) groups excluding carboxylic acids is 1. The number of anilines is 1. The molecule has 2 aromatic carbocycles. The van der Waals surface area contributed by atoms with Crippen molar-refractivity contribution in [1.29, 1.82) is 0 Å². The van der Waals surface area contributed by atoms with Crippen molar-refractivity contribution >= 4 is 11.6 Å². The number of phenolic OH excluding ortho intramolecular Hbond substituents is 2. The van der Waals surface area contributed by atoms with E-state index in [1.807, 2.05) is 0 Å². The number of nitrogens with two attached hydrogens (primary N) is 1. The summed E-state index contributed by atoms with van der Waals surface area (Å²) in [6.45, 7) is 0.262. The molecule has 2 rings (SSSR count). The molecule has 5 nitrogen and oxygen atoms in total. The zero-order chi connectivity index (χ0) is 15.2. The van der Waals surface area contributed by atoms with Crippen LogP contribution in [0.1, 0.15) is 15.9 Å². The lowest BCUT2D eigenvalue weighted by molar-refractivity contribution is 0.102. The summed E-state index contributed by atoms with van der Waals surface area (Å²) in [7, 11) is 0. The van der Waals surface area contributed by atoms with Gasteiger partial charge in [0.15, 0.2) is 0 Å². The molecule has 0 saturated carbocycles. The Hall–Kier alpha value is -2.97. The number of phenols is 2. The molecule has 0 aliphatic rings. The molecule has 0 aromatic heterocycles. The number of nitrogens with one attached hydrogen (secondary N) is 1. The van der Waals surface area contributed by atoms with Gasteiger partial charge in [-0.1, -0.05) is 17.9 Å². The van der Waals surface area contributed by atoms with E-state index in [0.717, 1.165) is 11.6 Å². The van der Waals surface area contributed by atoms with Crippen molar-refractivity contribution in [2.24, 2.45) is 5.73 Å². The van der Waals surface area contributed by atoms with E-state index in [9.17, 15) is 15.0 Å². The third kappa shape index (κ3) is 3.75. The first-order chi connectivity index (χ1) is 10.1. The van der Waals surface area contributed by atoms with E-state index < -0.39 is 5.91 Å². The highest BCUT2D eigenvalue weighted by atomic mass is 16.3. The Kier molecular flexibility index (Phi) is 4.44. The maximum Gasteiger partial charge on any atom is 0.259 e. The van der Waals surface area contributed by atoms with Crippen LogP contribution in [0, 0.1) is 11.8 Å². The molecule has 106 valence electrons. The third-order valence-electron chi connectivity index (χ3n) is 2.68. The van der Waals surface area contributed by atoms with Crippen LogP contribution in [0.2, 0.25) is 0 Å². The summed E-state index contributed by atoms with van der Waals surface area (Å²) in [5.74, 6) is 4.73. The van der Waals surface area contributed by atoms with Gasteiger partial charge in [0.2, 0.25) is 0 Å². The van der Waals surface area contributed by atoms with Crippen LogP contribution in [0.3, 0.4) is 0 Å². The zero-order valence-electron chi connectivity index (χ0n) is 11.1. The monoisotopic (exact) mass is 282 g/mol. The standard InChI is InChI=1S/C16H14N2O3/c17-8-2-4-11-3-1-5-12(9-11)18-16(21)14-7-6-13(19)10-15(14)20/h1,3,5-7,9-10,19-20H,8,17H2,(H,18,21). The Bertz CT molecular complexity index is 730. The van der Waals surface area contributed by atoms with Crippen molar-refractivity contribution in [2.75, 3.05) is 11.9 Å². The minimum atomic E-state index is -0.476. The van der Waals surface area contributed by atoms with Gasteiger partial charge in [-0.15, -0.1) is 0 Å². The number of amides is 1. The first-order valence-corrected chi connectivity index (χ1v) is 6.22. The van der Waals surface area contributed by atoms with Gasteiger partial charge < -0.3 is 21.3 Å². The fourth-order valence-electron chi connectivity index (χ4n) is 1.74. The molecule has 5 heteroatoms. The van der Waals surface area contributed by atoms with Crippen LogP contribution in [0.25, 0.3) is 0 Å². The molecule has 0 atom stereocenters. The average molecular weight is 282 g/mol. The predicted octanol–water partition coefficient (Wildman–Crippen LogP) is 1.66. The van der Waals surface area contributed by atoms with Gasteiger partial charge in [-0.05, 0) is 30.3 Å². The molecular weight excluding hydrogens is 268 g/mol. The van der Waals surface area contributed by atoms with Gasteiger partial charge in [0, 0.05) is 17.3 Å². The minimum absolute atomic E-state index is 0.0752. The van der Waals surface area contributed by atoms with Crippen LogP contribution >= 0.6 is 0 Å². The van der Waals surface area contributed by atoms with Crippen molar-refractivity contribution in [1.82, 2.24) is 0 Å². The topological polar surface area (TPSA) is 95.6 Å². The Morgan fingerprint density at radius 3 is 2.71 bits per heavy atom. The van der Waals surface area contributed by atoms with Crippen LogP contribution in [0.15, 0.2) is 42.5 Å². The molecule has 0 aliphatic carbocycles. The van der Waals surface area contributed by atoms with Gasteiger partial charge in [0.25, 0.3) is 5.91 Å². The molecule has 1 amide bonds. The van der Waals surface area contributed by atoms with Crippen molar-refractivity contribution in [2.45, 2.75) is 0 Å². The highest BCUT2D eigenvalue weighted by Crippen LogP contribution is 2.23. The molecular formula is C16H14N2O3. The van der Waals surface area contributed by atoms with Crippen molar-refractivity contribution < 1.29 is 15.0 Å². The Morgan fingerprint density at radius 1 is 1.19 bits per heavy atom. The Balaban J connectivity index is 2.19. The second-order valence-electron chi connectivity index (χ2n) is 4.24. The molecule has 0 spiro atoms. The van der Waals surface area contributed by atoms with Crippen molar-refractivity contribution in [3.63, 3.8) is 0 Å². The summed E-state index contributed by atoms with van der Waals surface area (Å²) in [4.78, 5) is 12.1. The number of benzene rings is 2. The van der Waals surface area contributed by atoms with Gasteiger partial charge >= 0.3 is 0 Å². The van der Waals surface area contributed by atoms with Crippen LogP contribution in [-0.4, -0.2) is 22.7 Å². The molecule has 0 unspecified atom stereocenters. The van der Waals surface area contributed by atoms with Gasteiger partial charge in [0.1, 0.15) is 11.5 Å². The molecule has 0 radical (unpaired) electrons. The van der Waals surface area contributed by atoms with Gasteiger partial charge in [-0.25, -0.2) is 0 Å². The zero-order valence-corrected chi connectivity index (χ0v) is 11.1. The number of rotatable bonds is 2. The fraction of sp³-hybridized carbons (Fsp3) is 0.0625. The molecule has 21 heavy (non-hydrogen) atoms. The average Bonchev–Trinajstić information content (AvgIpc) is 2.45. The summed E-state index contributed by atoms with van der Waals surface area (Å²) >= 11 is 0. The summed E-state index contributed by atoms with van der Waals surface area (Å²) < 4.78 is 0. The summed E-state index contributed by atoms with van der Waals surface area (Å²) in [5.41, 5.74) is 6.67. The van der Waals surface area contributed by atoms with Gasteiger partial charge in [0.05, 0.1) is 12.1 Å². The van der Waals surface area contributed by atoms with E-state index in [1.54, 1.807) is 24.3 Å². The molecule has 0 heterocycles. The largest absolute Gasteiger partial charge is 0.508 e. The van der Waals surface area contributed by atoms with Gasteiger partial charge in [-0.2, -0.15) is 0 Å². The fourth-order valence-corrected chi connectivity index (χ4v) is 1.74. The SMILES string of the molecule is NCC#Cc1cccc(NC(=O)c2ccc(O)cc2O)c1. The highest BCUT2D eigenvalue weighted by Gasteiger charge is 2.11. The Morgan fingerprint density at radius 2 is 2.00 bits per heavy atom. The summed E-state index contributed by atoms with van der Waals surface area (Å²) in [6, 6.07) is 10.8. The van der Waals surface area contributed by atoms with E-state index in [0.29, 0.717) is 5.69 Å². The lowest BCUT2D eigenvalue weighted by atomic mass is 10.1. The van der Waals surface area contributed by atoms with Crippen LogP contribution in [-0.2, 0) is 0 Å². The smallest absolute Gasteiger partial charge is 0.259 e. The summed E-state index contributed by atoms with van der Waals surface area (Å²) in [5, 5.41) is 21.5. The Labute approximate surface area is 122 Å². The quantitative estimate of drug-likeness (QED) is 0.630. The van der Waals surface area contributed by atoms with E-state index in [1.165, 1.54) is 12.1 Å². The number of carbonyl (C=O) groups is 1. The molecule has 2 aromatic rings. The molecule has 0 fully saturated rings. The van der Waals surface area contributed by atoms with Gasteiger partial charge in [-0.3, -0.25) is 4.79 Å². The van der Waals surface area contributed by atoms with Crippen LogP contribution < -0.4 is 11.1 Å². The van der Waals surface area contributed by atoms with Crippen molar-refractivity contribution in [3.8, 4) is 23.3 Å². The predicted molar refractivity (Wildman–Crippen MR) is 80.1 cm³/mol. The third-order valence-corrected chi connectivity index (χ3v) is 2.68. The molecule has 0 aliphatic heterocycles.